The number of esters is 1. The van der Waals surface area contributed by atoms with Crippen LogP contribution in [0.25, 0.3) is 0 Å². The molecule has 1 saturated heterocycles. The molecule has 2 atom stereocenters. The minimum atomic E-state index is -0.888. The third-order valence-corrected chi connectivity index (χ3v) is 5.87. The first kappa shape index (κ1) is 25.6. The summed E-state index contributed by atoms with van der Waals surface area (Å²) in [5, 5.41) is 11.9. The lowest BCUT2D eigenvalue weighted by Crippen LogP contribution is -2.39. The number of nitrogens with one attached hydrogen (secondary N) is 1. The molecule has 0 saturated carbocycles. The Balaban J connectivity index is 1.75. The van der Waals surface area contributed by atoms with Crippen molar-refractivity contribution in [3.05, 3.63) is 35.9 Å². The van der Waals surface area contributed by atoms with E-state index in [-0.39, 0.29) is 24.6 Å². The van der Waals surface area contributed by atoms with Gasteiger partial charge in [0.05, 0.1) is 12.5 Å². The van der Waals surface area contributed by atoms with E-state index in [2.05, 4.69) is 5.32 Å². The van der Waals surface area contributed by atoms with Gasteiger partial charge in [0.15, 0.2) is 0 Å². The van der Waals surface area contributed by atoms with E-state index in [9.17, 15) is 14.4 Å². The molecule has 1 heterocycles. The second kappa shape index (κ2) is 13.7. The molecule has 0 aromatic heterocycles. The van der Waals surface area contributed by atoms with Gasteiger partial charge in [-0.15, -0.1) is 0 Å². The van der Waals surface area contributed by atoms with Gasteiger partial charge in [-0.25, -0.2) is 4.79 Å². The number of aliphatic carboxylic acids is 1. The van der Waals surface area contributed by atoms with E-state index in [1.54, 1.807) is 18.7 Å². The number of piperidine rings is 1. The summed E-state index contributed by atoms with van der Waals surface area (Å²) in [4.78, 5) is 37.4. The fourth-order valence-corrected chi connectivity index (χ4v) is 3.91. The second-order valence-electron chi connectivity index (χ2n) is 8.31. The van der Waals surface area contributed by atoms with Crippen molar-refractivity contribution in [1.29, 1.82) is 0 Å². The van der Waals surface area contributed by atoms with Crippen LogP contribution in [-0.4, -0.2) is 60.3 Å². The normalized spacial score (nSPS) is 16.2. The maximum Gasteiger partial charge on any atom is 0.410 e. The number of benzene rings is 1. The molecule has 0 bridgehead atoms. The van der Waals surface area contributed by atoms with Crippen molar-refractivity contribution in [3.8, 4) is 0 Å². The zero-order valence-corrected chi connectivity index (χ0v) is 19.1. The van der Waals surface area contributed by atoms with Gasteiger partial charge in [0, 0.05) is 13.1 Å². The second-order valence-corrected chi connectivity index (χ2v) is 8.31. The van der Waals surface area contributed by atoms with Gasteiger partial charge in [0.1, 0.15) is 12.6 Å². The number of amides is 1. The van der Waals surface area contributed by atoms with Crippen LogP contribution < -0.4 is 5.32 Å². The lowest BCUT2D eigenvalue weighted by Gasteiger charge is -2.32. The monoisotopic (exact) mass is 448 g/mol. The van der Waals surface area contributed by atoms with Gasteiger partial charge in [-0.2, -0.15) is 0 Å². The van der Waals surface area contributed by atoms with Crippen LogP contribution in [0.5, 0.6) is 0 Å². The Morgan fingerprint density at radius 2 is 1.84 bits per heavy atom. The first-order valence-corrected chi connectivity index (χ1v) is 11.5. The molecule has 0 unspecified atom stereocenters. The molecule has 8 heteroatoms. The molecular weight excluding hydrogens is 412 g/mol. The third-order valence-electron chi connectivity index (χ3n) is 5.87. The molecule has 0 radical (unpaired) electrons. The van der Waals surface area contributed by atoms with E-state index >= 15 is 0 Å². The largest absolute Gasteiger partial charge is 0.480 e. The number of nitrogens with zero attached hydrogens (tertiary/aromatic N) is 1. The number of carboxylic acid groups (broad SMARTS) is 1. The number of carboxylic acids is 1. The van der Waals surface area contributed by atoms with Crippen molar-refractivity contribution >= 4 is 18.0 Å². The van der Waals surface area contributed by atoms with Crippen LogP contribution in [0.15, 0.2) is 30.3 Å². The first-order valence-electron chi connectivity index (χ1n) is 11.5. The van der Waals surface area contributed by atoms with Gasteiger partial charge >= 0.3 is 18.0 Å². The topological polar surface area (TPSA) is 105 Å². The van der Waals surface area contributed by atoms with Crippen molar-refractivity contribution in [3.63, 3.8) is 0 Å². The van der Waals surface area contributed by atoms with Crippen molar-refractivity contribution in [2.45, 2.75) is 58.6 Å². The summed E-state index contributed by atoms with van der Waals surface area (Å²) in [5.74, 6) is -0.948. The molecule has 1 aromatic rings. The van der Waals surface area contributed by atoms with E-state index in [4.69, 9.17) is 14.6 Å². The van der Waals surface area contributed by atoms with Crippen LogP contribution in [0.4, 0.5) is 4.79 Å². The molecule has 1 aromatic carbocycles. The highest BCUT2D eigenvalue weighted by molar-refractivity contribution is 5.73. The Hall–Kier alpha value is -2.61. The average Bonchev–Trinajstić information content (AvgIpc) is 2.80. The summed E-state index contributed by atoms with van der Waals surface area (Å²) < 4.78 is 10.7. The molecule has 178 valence electrons. The van der Waals surface area contributed by atoms with Crippen LogP contribution in [0.1, 0.15) is 51.5 Å². The fraction of sp³-hybridized carbons (Fsp3) is 0.625. The van der Waals surface area contributed by atoms with Gasteiger partial charge in [-0.05, 0) is 64.0 Å². The Labute approximate surface area is 190 Å². The number of carbonyl (C=O) groups excluding carboxylic acids is 2. The third kappa shape index (κ3) is 8.86. The Kier molecular flexibility index (Phi) is 11.0. The number of hydrogen-bond acceptors (Lipinski definition) is 6. The standard InChI is InChI=1S/C24H36N2O6/c1-3-31-23(29)21(10-7-13-25-18(2)22(27)28)16-19-11-14-26(15-12-19)24(30)32-17-20-8-5-4-6-9-20/h4-6,8-9,18-19,21,25H,3,7,10-17H2,1-2H3,(H,27,28)/t18-,21-/m0/s1. The maximum atomic E-state index is 12.4. The molecule has 1 amide bonds. The van der Waals surface area contributed by atoms with Gasteiger partial charge in [-0.3, -0.25) is 9.59 Å². The molecule has 1 aliphatic heterocycles. The smallest absolute Gasteiger partial charge is 0.410 e. The van der Waals surface area contributed by atoms with E-state index in [0.29, 0.717) is 45.0 Å². The molecule has 1 fully saturated rings. The Bertz CT molecular complexity index is 718. The highest BCUT2D eigenvalue weighted by atomic mass is 16.6. The molecule has 2 rings (SSSR count). The maximum absolute atomic E-state index is 12.4. The van der Waals surface area contributed by atoms with Crippen molar-refractivity contribution < 1.29 is 29.0 Å². The highest BCUT2D eigenvalue weighted by Crippen LogP contribution is 2.28. The van der Waals surface area contributed by atoms with Crippen LogP contribution in [0.2, 0.25) is 0 Å². The van der Waals surface area contributed by atoms with E-state index in [1.165, 1.54) is 0 Å². The van der Waals surface area contributed by atoms with Crippen molar-refractivity contribution in [2.75, 3.05) is 26.2 Å². The van der Waals surface area contributed by atoms with Crippen LogP contribution in [0, 0.1) is 11.8 Å². The molecular formula is C24H36N2O6. The minimum Gasteiger partial charge on any atom is -0.480 e. The molecule has 32 heavy (non-hydrogen) atoms. The molecule has 0 aliphatic carbocycles. The molecule has 2 N–H and O–H groups in total. The Morgan fingerprint density at radius 3 is 2.47 bits per heavy atom. The zero-order chi connectivity index (χ0) is 23.3. The van der Waals surface area contributed by atoms with Crippen LogP contribution in [-0.2, 0) is 25.7 Å². The lowest BCUT2D eigenvalue weighted by atomic mass is 9.85. The van der Waals surface area contributed by atoms with Crippen LogP contribution in [0.3, 0.4) is 0 Å². The summed E-state index contributed by atoms with van der Waals surface area (Å²) >= 11 is 0. The summed E-state index contributed by atoms with van der Waals surface area (Å²) in [6.45, 7) is 5.77. The summed E-state index contributed by atoms with van der Waals surface area (Å²) in [6.07, 6.45) is 3.42. The summed E-state index contributed by atoms with van der Waals surface area (Å²) in [7, 11) is 0. The summed E-state index contributed by atoms with van der Waals surface area (Å²) in [5.41, 5.74) is 0.959. The quantitative estimate of drug-likeness (QED) is 0.373. The Morgan fingerprint density at radius 1 is 1.16 bits per heavy atom. The highest BCUT2D eigenvalue weighted by Gasteiger charge is 2.29. The summed E-state index contributed by atoms with van der Waals surface area (Å²) in [6, 6.07) is 8.99. The SMILES string of the molecule is CCOC(=O)[C@@H](CCCN[C@@H](C)C(=O)O)CC1CCN(C(=O)OCc2ccccc2)CC1. The number of rotatable bonds is 12. The number of ether oxygens (including phenoxy) is 2. The molecule has 8 nitrogen and oxygen atoms in total. The predicted octanol–water partition coefficient (Wildman–Crippen LogP) is 3.45. The average molecular weight is 449 g/mol. The van der Waals surface area contributed by atoms with E-state index in [1.807, 2.05) is 30.3 Å². The molecule has 1 aliphatic rings. The lowest BCUT2D eigenvalue weighted by molar-refractivity contribution is -0.149. The molecule has 0 spiro atoms. The minimum absolute atomic E-state index is 0.191. The van der Waals surface area contributed by atoms with Gasteiger partial charge < -0.3 is 24.8 Å². The van der Waals surface area contributed by atoms with E-state index in [0.717, 1.165) is 24.8 Å². The zero-order valence-electron chi connectivity index (χ0n) is 19.1. The predicted molar refractivity (Wildman–Crippen MR) is 120 cm³/mol. The number of hydrogen-bond donors (Lipinski definition) is 2. The fourth-order valence-electron chi connectivity index (χ4n) is 3.91. The number of likely N-dealkylation sites (tertiary alicyclic amines) is 1. The number of carbonyl (C=O) groups is 3. The van der Waals surface area contributed by atoms with Gasteiger partial charge in [0.2, 0.25) is 0 Å². The van der Waals surface area contributed by atoms with Crippen molar-refractivity contribution in [1.82, 2.24) is 10.2 Å². The van der Waals surface area contributed by atoms with Gasteiger partial charge in [0.25, 0.3) is 0 Å². The van der Waals surface area contributed by atoms with Gasteiger partial charge in [-0.1, -0.05) is 30.3 Å². The first-order chi connectivity index (χ1) is 15.4. The van der Waals surface area contributed by atoms with Crippen molar-refractivity contribution in [2.24, 2.45) is 11.8 Å². The van der Waals surface area contributed by atoms with E-state index < -0.39 is 12.0 Å². The van der Waals surface area contributed by atoms with Crippen LogP contribution >= 0.6 is 0 Å².